The Bertz CT molecular complexity index is 784. The SMILES string of the molecule is C[C@H](NC(=O)C[S@@](=O)C(c1ccccc1)c1ccccc1)[C@H]1C[C@H]2CC[C@H]1C2. The number of fused-ring (bicyclic) bond motifs is 2. The first-order chi connectivity index (χ1) is 13.6. The fraction of sp³-hybridized carbons (Fsp3) is 0.458. The molecule has 148 valence electrons. The summed E-state index contributed by atoms with van der Waals surface area (Å²) in [6.07, 6.45) is 5.25. The average molecular weight is 396 g/mol. The molecule has 2 bridgehead atoms. The van der Waals surface area contributed by atoms with Crippen LogP contribution >= 0.6 is 0 Å². The Morgan fingerprint density at radius 1 is 1.00 bits per heavy atom. The van der Waals surface area contributed by atoms with Gasteiger partial charge < -0.3 is 5.32 Å². The highest BCUT2D eigenvalue weighted by Crippen LogP contribution is 2.49. The molecule has 4 rings (SSSR count). The van der Waals surface area contributed by atoms with Crippen LogP contribution in [-0.2, 0) is 15.6 Å². The molecule has 2 aromatic carbocycles. The average Bonchev–Trinajstić information content (AvgIpc) is 3.33. The Kier molecular flexibility index (Phi) is 5.96. The normalized spacial score (nSPS) is 25.6. The second-order valence-electron chi connectivity index (χ2n) is 8.42. The van der Waals surface area contributed by atoms with E-state index >= 15 is 0 Å². The van der Waals surface area contributed by atoms with Crippen LogP contribution < -0.4 is 5.32 Å². The number of hydrogen-bond acceptors (Lipinski definition) is 2. The van der Waals surface area contributed by atoms with Crippen molar-refractivity contribution in [3.8, 4) is 0 Å². The zero-order valence-electron chi connectivity index (χ0n) is 16.4. The third kappa shape index (κ3) is 4.22. The molecule has 3 nitrogen and oxygen atoms in total. The minimum absolute atomic E-state index is 0.0413. The maximum absolute atomic E-state index is 13.2. The second-order valence-corrected chi connectivity index (χ2v) is 9.94. The fourth-order valence-corrected chi connectivity index (χ4v) is 6.70. The van der Waals surface area contributed by atoms with Crippen molar-refractivity contribution in [1.82, 2.24) is 5.32 Å². The van der Waals surface area contributed by atoms with Crippen molar-refractivity contribution in [3.05, 3.63) is 71.8 Å². The van der Waals surface area contributed by atoms with E-state index in [0.717, 1.165) is 23.0 Å². The molecule has 2 fully saturated rings. The second kappa shape index (κ2) is 8.60. The molecule has 0 aliphatic heterocycles. The summed E-state index contributed by atoms with van der Waals surface area (Å²) in [5.41, 5.74) is 1.97. The Labute approximate surface area is 170 Å². The van der Waals surface area contributed by atoms with Crippen molar-refractivity contribution in [3.63, 3.8) is 0 Å². The van der Waals surface area contributed by atoms with Gasteiger partial charge in [0.1, 0.15) is 5.75 Å². The highest BCUT2D eigenvalue weighted by Gasteiger charge is 2.42. The van der Waals surface area contributed by atoms with Gasteiger partial charge in [0.25, 0.3) is 0 Å². The van der Waals surface area contributed by atoms with Crippen LogP contribution in [0.1, 0.15) is 49.0 Å². The maximum atomic E-state index is 13.2. The minimum atomic E-state index is -1.32. The number of rotatable bonds is 7. The molecule has 0 radical (unpaired) electrons. The molecular formula is C24H29NO2S. The van der Waals surface area contributed by atoms with Crippen LogP contribution in [-0.4, -0.2) is 21.9 Å². The van der Waals surface area contributed by atoms with Crippen molar-refractivity contribution in [2.45, 2.75) is 43.9 Å². The lowest BCUT2D eigenvalue weighted by atomic mass is 9.84. The first-order valence-electron chi connectivity index (χ1n) is 10.4. The van der Waals surface area contributed by atoms with E-state index in [4.69, 9.17) is 0 Å². The summed E-state index contributed by atoms with van der Waals surface area (Å²) >= 11 is 0. The number of hydrogen-bond donors (Lipinski definition) is 1. The maximum Gasteiger partial charge on any atom is 0.232 e. The van der Waals surface area contributed by atoms with Crippen LogP contribution in [0.25, 0.3) is 0 Å². The van der Waals surface area contributed by atoms with E-state index in [1.165, 1.54) is 25.7 Å². The Morgan fingerprint density at radius 3 is 2.11 bits per heavy atom. The van der Waals surface area contributed by atoms with Gasteiger partial charge in [-0.05, 0) is 55.1 Å². The molecule has 2 saturated carbocycles. The van der Waals surface area contributed by atoms with E-state index in [9.17, 15) is 9.00 Å². The lowest BCUT2D eigenvalue weighted by Gasteiger charge is -2.28. The van der Waals surface area contributed by atoms with Crippen molar-refractivity contribution in [2.24, 2.45) is 17.8 Å². The summed E-state index contributed by atoms with van der Waals surface area (Å²) in [4.78, 5) is 12.7. The quantitative estimate of drug-likeness (QED) is 0.752. The predicted molar refractivity (Wildman–Crippen MR) is 114 cm³/mol. The number of carbonyl (C=O) groups excluding carboxylic acids is 1. The van der Waals surface area contributed by atoms with E-state index in [0.29, 0.717) is 5.92 Å². The molecule has 1 amide bonds. The van der Waals surface area contributed by atoms with Gasteiger partial charge in [-0.2, -0.15) is 0 Å². The zero-order valence-corrected chi connectivity index (χ0v) is 17.2. The van der Waals surface area contributed by atoms with Crippen LogP contribution in [0, 0.1) is 17.8 Å². The van der Waals surface area contributed by atoms with Gasteiger partial charge >= 0.3 is 0 Å². The van der Waals surface area contributed by atoms with E-state index in [1.807, 2.05) is 60.7 Å². The third-order valence-corrected chi connectivity index (χ3v) is 8.18. The standard InChI is InChI=1S/C24H29NO2S/c1-17(22-15-18-12-13-21(22)14-18)25-23(26)16-28(27)24(19-8-4-2-5-9-19)20-10-6-3-7-11-20/h2-11,17-18,21-22,24H,12-16H2,1H3,(H,25,26)/t17-,18-,21-,22+,28+/m0/s1. The monoisotopic (exact) mass is 395 g/mol. The van der Waals surface area contributed by atoms with Gasteiger partial charge in [-0.25, -0.2) is 0 Å². The number of nitrogens with one attached hydrogen (secondary N) is 1. The predicted octanol–water partition coefficient (Wildman–Crippen LogP) is 4.47. The molecule has 0 saturated heterocycles. The van der Waals surface area contributed by atoms with Crippen LogP contribution in [0.5, 0.6) is 0 Å². The van der Waals surface area contributed by atoms with Crippen LogP contribution in [0.4, 0.5) is 0 Å². The molecule has 0 spiro atoms. The number of amides is 1. The van der Waals surface area contributed by atoms with Gasteiger partial charge in [0, 0.05) is 16.8 Å². The van der Waals surface area contributed by atoms with Crippen molar-refractivity contribution in [1.29, 1.82) is 0 Å². The summed E-state index contributed by atoms with van der Waals surface area (Å²) in [6.45, 7) is 2.12. The van der Waals surface area contributed by atoms with Crippen molar-refractivity contribution < 1.29 is 9.00 Å². The molecule has 1 N–H and O–H groups in total. The fourth-order valence-electron chi connectivity index (χ4n) is 5.27. The Hall–Kier alpha value is -1.94. The molecule has 0 unspecified atom stereocenters. The summed E-state index contributed by atoms with van der Waals surface area (Å²) < 4.78 is 13.2. The first-order valence-corrected chi connectivity index (χ1v) is 11.8. The zero-order chi connectivity index (χ0) is 19.5. The van der Waals surface area contributed by atoms with Crippen LogP contribution in [0.15, 0.2) is 60.7 Å². The van der Waals surface area contributed by atoms with Crippen molar-refractivity contribution in [2.75, 3.05) is 5.75 Å². The highest BCUT2D eigenvalue weighted by atomic mass is 32.2. The molecule has 5 atom stereocenters. The number of carbonyl (C=O) groups is 1. The molecule has 0 heterocycles. The van der Waals surface area contributed by atoms with Gasteiger partial charge in [-0.1, -0.05) is 67.1 Å². The van der Waals surface area contributed by atoms with Gasteiger partial charge in [0.2, 0.25) is 5.91 Å². The Balaban J connectivity index is 1.43. The van der Waals surface area contributed by atoms with E-state index in [2.05, 4.69) is 12.2 Å². The molecular weight excluding hydrogens is 366 g/mol. The molecule has 2 aliphatic rings. The Morgan fingerprint density at radius 2 is 1.61 bits per heavy atom. The van der Waals surface area contributed by atoms with Gasteiger partial charge in [-0.3, -0.25) is 9.00 Å². The summed E-state index contributed by atoms with van der Waals surface area (Å²) in [5, 5.41) is 2.88. The van der Waals surface area contributed by atoms with Crippen molar-refractivity contribution >= 4 is 16.7 Å². The molecule has 2 aromatic rings. The lowest BCUT2D eigenvalue weighted by molar-refractivity contribution is -0.119. The molecule has 0 aromatic heterocycles. The van der Waals surface area contributed by atoms with Crippen LogP contribution in [0.3, 0.4) is 0 Å². The largest absolute Gasteiger partial charge is 0.353 e. The molecule has 4 heteroatoms. The van der Waals surface area contributed by atoms with Crippen LogP contribution in [0.2, 0.25) is 0 Å². The molecule has 2 aliphatic carbocycles. The van der Waals surface area contributed by atoms with Gasteiger partial charge in [0.15, 0.2) is 0 Å². The van der Waals surface area contributed by atoms with E-state index in [1.54, 1.807) is 0 Å². The minimum Gasteiger partial charge on any atom is -0.353 e. The van der Waals surface area contributed by atoms with Gasteiger partial charge in [0.05, 0.1) is 5.25 Å². The lowest BCUT2D eigenvalue weighted by Crippen LogP contribution is -2.42. The van der Waals surface area contributed by atoms with E-state index in [-0.39, 0.29) is 23.0 Å². The van der Waals surface area contributed by atoms with Gasteiger partial charge in [-0.15, -0.1) is 0 Å². The number of benzene rings is 2. The topological polar surface area (TPSA) is 46.2 Å². The summed E-state index contributed by atoms with van der Waals surface area (Å²) in [5.74, 6) is 2.18. The smallest absolute Gasteiger partial charge is 0.232 e. The van der Waals surface area contributed by atoms with E-state index < -0.39 is 10.8 Å². The molecule has 28 heavy (non-hydrogen) atoms. The first kappa shape index (κ1) is 19.4. The third-order valence-electron chi connectivity index (χ3n) is 6.56. The summed E-state index contributed by atoms with van der Waals surface area (Å²) in [6, 6.07) is 19.9. The summed E-state index contributed by atoms with van der Waals surface area (Å²) in [7, 11) is -1.32. The highest BCUT2D eigenvalue weighted by molar-refractivity contribution is 7.86.